The molecule has 3 aromatic rings. The van der Waals surface area contributed by atoms with Crippen LogP contribution in [-0.2, 0) is 22.7 Å². The second-order valence-corrected chi connectivity index (χ2v) is 6.53. The van der Waals surface area contributed by atoms with Crippen LogP contribution in [0, 0.1) is 0 Å². The number of hydrogen-bond acceptors (Lipinski definition) is 5. The van der Waals surface area contributed by atoms with Crippen molar-refractivity contribution in [3.63, 3.8) is 0 Å². The Labute approximate surface area is 179 Å². The number of carbonyl (C=O) groups is 3. The molecule has 3 amide bonds. The number of carbonyl (C=O) groups excluding carboxylic acids is 3. The molecule has 1 heterocycles. The third-order valence-corrected chi connectivity index (χ3v) is 4.39. The minimum absolute atomic E-state index is 0.122. The van der Waals surface area contributed by atoms with Gasteiger partial charge in [-0.1, -0.05) is 30.3 Å². The maximum atomic E-state index is 12.6. The van der Waals surface area contributed by atoms with Crippen molar-refractivity contribution >= 4 is 23.4 Å². The van der Waals surface area contributed by atoms with Crippen molar-refractivity contribution in [2.45, 2.75) is 13.1 Å². The zero-order chi connectivity index (χ0) is 22.1. The molecule has 158 valence electrons. The van der Waals surface area contributed by atoms with Crippen molar-refractivity contribution in [1.82, 2.24) is 15.6 Å². The van der Waals surface area contributed by atoms with Crippen molar-refractivity contribution in [1.29, 1.82) is 0 Å². The number of methoxy groups -OCH3 is 1. The van der Waals surface area contributed by atoms with E-state index in [4.69, 9.17) is 4.74 Å². The molecular formula is C23H22N4O4. The largest absolute Gasteiger partial charge is 0.497 e. The Morgan fingerprint density at radius 1 is 0.839 bits per heavy atom. The van der Waals surface area contributed by atoms with Gasteiger partial charge in [-0.2, -0.15) is 0 Å². The number of pyridine rings is 1. The van der Waals surface area contributed by atoms with Crippen LogP contribution in [0.15, 0.2) is 72.9 Å². The van der Waals surface area contributed by atoms with Crippen molar-refractivity contribution in [2.75, 3.05) is 12.4 Å². The van der Waals surface area contributed by atoms with E-state index >= 15 is 0 Å². The van der Waals surface area contributed by atoms with Crippen LogP contribution in [0.2, 0.25) is 0 Å². The lowest BCUT2D eigenvalue weighted by Gasteiger charge is -2.12. The monoisotopic (exact) mass is 418 g/mol. The van der Waals surface area contributed by atoms with Crippen molar-refractivity contribution in [3.8, 4) is 5.75 Å². The van der Waals surface area contributed by atoms with E-state index in [-0.39, 0.29) is 23.7 Å². The Morgan fingerprint density at radius 3 is 2.29 bits per heavy atom. The number of ether oxygens (including phenoxy) is 1. The Balaban J connectivity index is 1.58. The molecule has 8 heteroatoms. The maximum absolute atomic E-state index is 12.6. The zero-order valence-electron chi connectivity index (χ0n) is 16.9. The number of hydrogen-bond donors (Lipinski definition) is 3. The van der Waals surface area contributed by atoms with Crippen LogP contribution in [0.4, 0.5) is 5.69 Å². The summed E-state index contributed by atoms with van der Waals surface area (Å²) in [5.41, 5.74) is 2.01. The second kappa shape index (κ2) is 10.5. The van der Waals surface area contributed by atoms with Crippen LogP contribution >= 0.6 is 0 Å². The van der Waals surface area contributed by atoms with Crippen LogP contribution in [0.25, 0.3) is 0 Å². The predicted octanol–water partition coefficient (Wildman–Crippen LogP) is 2.28. The van der Waals surface area contributed by atoms with Gasteiger partial charge in [0.2, 0.25) is 0 Å². The number of anilines is 1. The van der Waals surface area contributed by atoms with Gasteiger partial charge in [-0.15, -0.1) is 0 Å². The van der Waals surface area contributed by atoms with Gasteiger partial charge >= 0.3 is 11.8 Å². The molecule has 0 aliphatic carbocycles. The SMILES string of the molecule is COc1ccc(CNC(=O)c2ccccc2NC(=O)C(=O)NCc2ccccn2)cc1. The predicted molar refractivity (Wildman–Crippen MR) is 115 cm³/mol. The Morgan fingerprint density at radius 2 is 1.58 bits per heavy atom. The number of rotatable bonds is 7. The van der Waals surface area contributed by atoms with E-state index in [0.717, 1.165) is 11.3 Å². The Hall–Kier alpha value is -4.20. The van der Waals surface area contributed by atoms with E-state index in [9.17, 15) is 14.4 Å². The molecular weight excluding hydrogens is 396 g/mol. The highest BCUT2D eigenvalue weighted by Gasteiger charge is 2.17. The lowest BCUT2D eigenvalue weighted by atomic mass is 10.1. The summed E-state index contributed by atoms with van der Waals surface area (Å²) in [6.45, 7) is 0.423. The lowest BCUT2D eigenvalue weighted by Crippen LogP contribution is -2.35. The third-order valence-electron chi connectivity index (χ3n) is 4.39. The quantitative estimate of drug-likeness (QED) is 0.510. The zero-order valence-corrected chi connectivity index (χ0v) is 16.9. The molecule has 0 aliphatic heterocycles. The highest BCUT2D eigenvalue weighted by Crippen LogP contribution is 2.16. The highest BCUT2D eigenvalue weighted by atomic mass is 16.5. The van der Waals surface area contributed by atoms with Crippen LogP contribution in [0.3, 0.4) is 0 Å². The molecule has 0 unspecified atom stereocenters. The molecule has 0 bridgehead atoms. The van der Waals surface area contributed by atoms with E-state index in [2.05, 4.69) is 20.9 Å². The Bertz CT molecular complexity index is 1050. The Kier molecular flexibility index (Phi) is 7.31. The van der Waals surface area contributed by atoms with E-state index < -0.39 is 11.8 Å². The number of aromatic nitrogens is 1. The van der Waals surface area contributed by atoms with Gasteiger partial charge in [-0.25, -0.2) is 0 Å². The van der Waals surface area contributed by atoms with Crippen molar-refractivity contribution < 1.29 is 19.1 Å². The number of amides is 3. The van der Waals surface area contributed by atoms with Gasteiger partial charge in [0.05, 0.1) is 30.6 Å². The van der Waals surface area contributed by atoms with Crippen molar-refractivity contribution in [3.05, 3.63) is 89.7 Å². The summed E-state index contributed by atoms with van der Waals surface area (Å²) in [6, 6.07) is 19.1. The first-order chi connectivity index (χ1) is 15.1. The first-order valence-corrected chi connectivity index (χ1v) is 9.56. The molecule has 3 rings (SSSR count). The molecule has 0 saturated carbocycles. The second-order valence-electron chi connectivity index (χ2n) is 6.53. The molecule has 8 nitrogen and oxygen atoms in total. The fraction of sp³-hybridized carbons (Fsp3) is 0.130. The summed E-state index contributed by atoms with van der Waals surface area (Å²) in [5, 5.41) is 7.79. The summed E-state index contributed by atoms with van der Waals surface area (Å²) in [5.74, 6) is -1.34. The number of para-hydroxylation sites is 1. The van der Waals surface area contributed by atoms with E-state index in [1.807, 2.05) is 12.1 Å². The third kappa shape index (κ3) is 6.14. The average Bonchev–Trinajstić information content (AvgIpc) is 2.82. The normalized spacial score (nSPS) is 10.1. The summed E-state index contributed by atoms with van der Waals surface area (Å²) < 4.78 is 5.11. The van der Waals surface area contributed by atoms with Gasteiger partial charge in [0.1, 0.15) is 5.75 Å². The van der Waals surface area contributed by atoms with Crippen molar-refractivity contribution in [2.24, 2.45) is 0 Å². The number of nitrogens with zero attached hydrogens (tertiary/aromatic N) is 1. The first kappa shape index (κ1) is 21.5. The van der Waals surface area contributed by atoms with Gasteiger partial charge in [-0.3, -0.25) is 19.4 Å². The van der Waals surface area contributed by atoms with E-state index in [1.54, 1.807) is 67.9 Å². The number of nitrogens with one attached hydrogen (secondary N) is 3. The van der Waals surface area contributed by atoms with Crippen LogP contribution in [0.5, 0.6) is 5.75 Å². The number of benzene rings is 2. The fourth-order valence-electron chi connectivity index (χ4n) is 2.74. The van der Waals surface area contributed by atoms with Gasteiger partial charge in [0, 0.05) is 12.7 Å². The van der Waals surface area contributed by atoms with Gasteiger partial charge in [0.15, 0.2) is 0 Å². The van der Waals surface area contributed by atoms with Crippen LogP contribution in [-0.4, -0.2) is 29.8 Å². The fourth-order valence-corrected chi connectivity index (χ4v) is 2.74. The molecule has 0 spiro atoms. The average molecular weight is 418 g/mol. The molecule has 2 aromatic carbocycles. The van der Waals surface area contributed by atoms with Crippen LogP contribution in [0.1, 0.15) is 21.6 Å². The molecule has 0 atom stereocenters. The first-order valence-electron chi connectivity index (χ1n) is 9.56. The maximum Gasteiger partial charge on any atom is 0.313 e. The van der Waals surface area contributed by atoms with Gasteiger partial charge < -0.3 is 20.7 Å². The van der Waals surface area contributed by atoms with Crippen LogP contribution < -0.4 is 20.7 Å². The van der Waals surface area contributed by atoms with Gasteiger partial charge in [-0.05, 0) is 42.0 Å². The standard InChI is InChI=1S/C23H22N4O4/c1-31-18-11-9-16(10-12-18)14-25-21(28)19-7-2-3-8-20(19)27-23(30)22(29)26-15-17-6-4-5-13-24-17/h2-13H,14-15H2,1H3,(H,25,28)(H,26,29)(H,27,30). The lowest BCUT2D eigenvalue weighted by molar-refractivity contribution is -0.136. The van der Waals surface area contributed by atoms with Gasteiger partial charge in [0.25, 0.3) is 5.91 Å². The summed E-state index contributed by atoms with van der Waals surface area (Å²) >= 11 is 0. The highest BCUT2D eigenvalue weighted by molar-refractivity contribution is 6.40. The smallest absolute Gasteiger partial charge is 0.313 e. The summed E-state index contributed by atoms with van der Waals surface area (Å²) in [7, 11) is 1.58. The minimum Gasteiger partial charge on any atom is -0.497 e. The molecule has 0 radical (unpaired) electrons. The molecule has 0 aliphatic rings. The summed E-state index contributed by atoms with van der Waals surface area (Å²) in [4.78, 5) is 41.1. The topological polar surface area (TPSA) is 109 Å². The molecule has 3 N–H and O–H groups in total. The molecule has 31 heavy (non-hydrogen) atoms. The minimum atomic E-state index is -0.869. The molecule has 0 fully saturated rings. The summed E-state index contributed by atoms with van der Waals surface area (Å²) in [6.07, 6.45) is 1.60. The van der Waals surface area contributed by atoms with E-state index in [1.165, 1.54) is 0 Å². The molecule has 0 saturated heterocycles. The van der Waals surface area contributed by atoms with E-state index in [0.29, 0.717) is 12.2 Å². The molecule has 1 aromatic heterocycles.